The number of nitrogens with zero attached hydrogens (tertiary/aromatic N) is 3. The third-order valence-electron chi connectivity index (χ3n) is 4.95. The Kier molecular flexibility index (Phi) is 7.28. The number of carbonyl (C=O) groups is 1. The number of pyridine rings is 1. The molecule has 2 heterocycles. The van der Waals surface area contributed by atoms with Crippen molar-refractivity contribution in [1.82, 2.24) is 14.5 Å². The van der Waals surface area contributed by atoms with Gasteiger partial charge in [0.1, 0.15) is 23.8 Å². The van der Waals surface area contributed by atoms with Crippen LogP contribution in [0.4, 0.5) is 0 Å². The van der Waals surface area contributed by atoms with Gasteiger partial charge in [-0.25, -0.2) is 9.78 Å². The molecule has 0 saturated heterocycles. The highest BCUT2D eigenvalue weighted by Crippen LogP contribution is 2.22. The fourth-order valence-corrected chi connectivity index (χ4v) is 3.35. The first-order valence-corrected chi connectivity index (χ1v) is 10.8. The Hall–Kier alpha value is -4.19. The lowest BCUT2D eigenvalue weighted by Crippen LogP contribution is -2.12. The largest absolute Gasteiger partial charge is 0.487 e. The monoisotopic (exact) mass is 439 g/mol. The number of hydrogen-bond acceptors (Lipinski definition) is 5. The number of benzene rings is 2. The first-order valence-electron chi connectivity index (χ1n) is 10.8. The van der Waals surface area contributed by atoms with E-state index in [0.717, 1.165) is 22.6 Å². The Morgan fingerprint density at radius 1 is 0.939 bits per heavy atom. The van der Waals surface area contributed by atoms with E-state index in [9.17, 15) is 4.79 Å². The van der Waals surface area contributed by atoms with E-state index in [-0.39, 0.29) is 6.61 Å². The highest BCUT2D eigenvalue weighted by Gasteiger charge is 2.19. The van der Waals surface area contributed by atoms with Crippen LogP contribution in [0, 0.1) is 0 Å². The molecule has 0 saturated carbocycles. The van der Waals surface area contributed by atoms with Crippen molar-refractivity contribution >= 4 is 17.6 Å². The van der Waals surface area contributed by atoms with Gasteiger partial charge in [0.05, 0.1) is 12.3 Å². The van der Waals surface area contributed by atoms with Crippen molar-refractivity contribution in [2.45, 2.75) is 20.1 Å². The van der Waals surface area contributed by atoms with Crippen molar-refractivity contribution in [1.29, 1.82) is 0 Å². The van der Waals surface area contributed by atoms with E-state index < -0.39 is 5.97 Å². The molecule has 166 valence electrons. The van der Waals surface area contributed by atoms with Gasteiger partial charge in [-0.3, -0.25) is 4.98 Å². The second-order valence-electron chi connectivity index (χ2n) is 7.32. The van der Waals surface area contributed by atoms with Gasteiger partial charge in [-0.15, -0.1) is 0 Å². The van der Waals surface area contributed by atoms with E-state index >= 15 is 0 Å². The summed E-state index contributed by atoms with van der Waals surface area (Å²) in [5, 5.41) is 0. The molecule has 0 unspecified atom stereocenters. The number of aromatic nitrogens is 3. The zero-order valence-corrected chi connectivity index (χ0v) is 18.4. The molecule has 0 atom stereocenters. The molecule has 2 aromatic carbocycles. The molecule has 0 fully saturated rings. The summed E-state index contributed by atoms with van der Waals surface area (Å²) >= 11 is 0. The zero-order chi connectivity index (χ0) is 22.9. The molecule has 6 heteroatoms. The van der Waals surface area contributed by atoms with Crippen molar-refractivity contribution in [3.63, 3.8) is 0 Å². The minimum atomic E-state index is -0.409. The summed E-state index contributed by atoms with van der Waals surface area (Å²) in [4.78, 5) is 21.5. The van der Waals surface area contributed by atoms with Gasteiger partial charge in [0.15, 0.2) is 0 Å². The molecule has 4 aromatic rings. The number of carbonyl (C=O) groups excluding carboxylic acids is 1. The molecular weight excluding hydrogens is 414 g/mol. The van der Waals surface area contributed by atoms with E-state index in [1.165, 1.54) is 0 Å². The van der Waals surface area contributed by atoms with Gasteiger partial charge < -0.3 is 14.0 Å². The predicted octanol–water partition coefficient (Wildman–Crippen LogP) is 5.01. The standard InChI is InChI=1S/C27H25N3O3/c1-2-32-27(31)25(26-29-16-17-30(26)19-22-8-4-3-5-9-22)18-21-11-13-24(14-12-21)33-20-23-10-6-7-15-28-23/h3-18H,2,19-20H2,1H3/b25-18+. The van der Waals surface area contributed by atoms with Crippen LogP contribution in [0.3, 0.4) is 0 Å². The second kappa shape index (κ2) is 10.9. The Balaban J connectivity index is 1.56. The summed E-state index contributed by atoms with van der Waals surface area (Å²) in [5.41, 5.74) is 3.23. The summed E-state index contributed by atoms with van der Waals surface area (Å²) in [7, 11) is 0. The van der Waals surface area contributed by atoms with Gasteiger partial charge in [-0.2, -0.15) is 0 Å². The van der Waals surface area contributed by atoms with Crippen LogP contribution in [0.5, 0.6) is 5.75 Å². The van der Waals surface area contributed by atoms with Crippen molar-refractivity contribution in [3.8, 4) is 5.75 Å². The van der Waals surface area contributed by atoms with Crippen LogP contribution >= 0.6 is 0 Å². The van der Waals surface area contributed by atoms with Crippen LogP contribution in [0.25, 0.3) is 11.6 Å². The Morgan fingerprint density at radius 2 is 1.73 bits per heavy atom. The fraction of sp³-hybridized carbons (Fsp3) is 0.148. The van der Waals surface area contributed by atoms with Crippen LogP contribution in [-0.4, -0.2) is 27.1 Å². The lowest BCUT2D eigenvalue weighted by molar-refractivity contribution is -0.136. The van der Waals surface area contributed by atoms with Gasteiger partial charge >= 0.3 is 5.97 Å². The molecule has 4 rings (SSSR count). The molecule has 0 aliphatic rings. The third kappa shape index (κ3) is 5.95. The molecule has 6 nitrogen and oxygen atoms in total. The Morgan fingerprint density at radius 3 is 2.45 bits per heavy atom. The molecule has 0 radical (unpaired) electrons. The van der Waals surface area contributed by atoms with Crippen molar-refractivity contribution in [3.05, 3.63) is 114 Å². The van der Waals surface area contributed by atoms with Crippen molar-refractivity contribution in [2.75, 3.05) is 6.61 Å². The maximum absolute atomic E-state index is 12.8. The molecule has 0 aliphatic heterocycles. The summed E-state index contributed by atoms with van der Waals surface area (Å²) in [5.74, 6) is 0.877. The summed E-state index contributed by atoms with van der Waals surface area (Å²) in [6, 6.07) is 23.3. The van der Waals surface area contributed by atoms with Crippen LogP contribution in [0.1, 0.15) is 29.6 Å². The maximum Gasteiger partial charge on any atom is 0.341 e. The predicted molar refractivity (Wildman–Crippen MR) is 127 cm³/mol. The molecule has 0 aliphatic carbocycles. The highest BCUT2D eigenvalue weighted by molar-refractivity contribution is 6.20. The van der Waals surface area contributed by atoms with Crippen molar-refractivity contribution < 1.29 is 14.3 Å². The van der Waals surface area contributed by atoms with Crippen LogP contribution in [-0.2, 0) is 22.7 Å². The Bertz CT molecular complexity index is 1200. The van der Waals surface area contributed by atoms with E-state index in [0.29, 0.717) is 24.5 Å². The smallest absolute Gasteiger partial charge is 0.341 e. The van der Waals surface area contributed by atoms with Crippen LogP contribution in [0.2, 0.25) is 0 Å². The van der Waals surface area contributed by atoms with Gasteiger partial charge in [0.2, 0.25) is 0 Å². The van der Waals surface area contributed by atoms with Crippen LogP contribution in [0.15, 0.2) is 91.4 Å². The SMILES string of the molecule is CCOC(=O)/C(=C/c1ccc(OCc2ccccn2)cc1)c1nccn1Cc1ccccc1. The topological polar surface area (TPSA) is 66.2 Å². The zero-order valence-electron chi connectivity index (χ0n) is 18.4. The van der Waals surface area contributed by atoms with Gasteiger partial charge in [0.25, 0.3) is 0 Å². The van der Waals surface area contributed by atoms with Gasteiger partial charge in [0, 0.05) is 25.1 Å². The molecule has 0 bridgehead atoms. The minimum absolute atomic E-state index is 0.288. The molecule has 0 spiro atoms. The molecule has 0 N–H and O–H groups in total. The summed E-state index contributed by atoms with van der Waals surface area (Å²) in [6.45, 7) is 3.07. The third-order valence-corrected chi connectivity index (χ3v) is 4.95. The molecule has 0 amide bonds. The van der Waals surface area contributed by atoms with E-state index in [4.69, 9.17) is 9.47 Å². The molecule has 2 aromatic heterocycles. The second-order valence-corrected chi connectivity index (χ2v) is 7.32. The first kappa shape index (κ1) is 22.0. The lowest BCUT2D eigenvalue weighted by Gasteiger charge is -2.11. The average molecular weight is 440 g/mol. The fourth-order valence-electron chi connectivity index (χ4n) is 3.35. The van der Waals surface area contributed by atoms with Crippen molar-refractivity contribution in [2.24, 2.45) is 0 Å². The maximum atomic E-state index is 12.8. The number of hydrogen-bond donors (Lipinski definition) is 0. The average Bonchev–Trinajstić information content (AvgIpc) is 3.31. The lowest BCUT2D eigenvalue weighted by atomic mass is 10.1. The van der Waals surface area contributed by atoms with E-state index in [1.807, 2.05) is 83.6 Å². The highest BCUT2D eigenvalue weighted by atomic mass is 16.5. The molecular formula is C27H25N3O3. The summed E-state index contributed by atoms with van der Waals surface area (Å²) in [6.07, 6.45) is 7.10. The van der Waals surface area contributed by atoms with Gasteiger partial charge in [-0.05, 0) is 48.4 Å². The normalized spacial score (nSPS) is 11.2. The summed E-state index contributed by atoms with van der Waals surface area (Å²) < 4.78 is 13.1. The number of ether oxygens (including phenoxy) is 2. The van der Waals surface area contributed by atoms with Crippen LogP contribution < -0.4 is 4.74 Å². The number of esters is 1. The number of imidazole rings is 1. The quantitative estimate of drug-likeness (QED) is 0.271. The van der Waals surface area contributed by atoms with E-state index in [1.54, 1.807) is 25.4 Å². The minimum Gasteiger partial charge on any atom is -0.487 e. The molecule has 33 heavy (non-hydrogen) atoms. The Labute approximate surface area is 193 Å². The number of rotatable bonds is 9. The van der Waals surface area contributed by atoms with Gasteiger partial charge in [-0.1, -0.05) is 48.5 Å². The first-order chi connectivity index (χ1) is 16.2. The van der Waals surface area contributed by atoms with E-state index in [2.05, 4.69) is 9.97 Å².